The minimum atomic E-state index is -0.301. The molecule has 1 aromatic rings. The van der Waals surface area contributed by atoms with Gasteiger partial charge in [-0.1, -0.05) is 36.4 Å². The lowest BCUT2D eigenvalue weighted by molar-refractivity contribution is -0.147. The zero-order valence-electron chi connectivity index (χ0n) is 13.2. The van der Waals surface area contributed by atoms with Gasteiger partial charge in [0, 0.05) is 19.0 Å². The Hall–Kier alpha value is -2.43. The molecule has 23 heavy (non-hydrogen) atoms. The van der Waals surface area contributed by atoms with Gasteiger partial charge in [0.2, 0.25) is 5.91 Å². The number of carbonyl (C=O) groups is 3. The molecule has 0 spiro atoms. The van der Waals surface area contributed by atoms with Crippen LogP contribution in [0, 0.1) is 5.92 Å². The normalized spacial score (nSPS) is 16.7. The van der Waals surface area contributed by atoms with E-state index in [-0.39, 0.29) is 30.2 Å². The fraction of sp³-hybridized carbons (Fsp3) is 0.389. The van der Waals surface area contributed by atoms with Crippen molar-refractivity contribution >= 4 is 17.7 Å². The minimum absolute atomic E-state index is 0.102. The molecule has 0 radical (unpaired) electrons. The maximum Gasteiger partial charge on any atom is 0.309 e. The second-order valence-corrected chi connectivity index (χ2v) is 5.62. The van der Waals surface area contributed by atoms with Crippen molar-refractivity contribution in [2.75, 3.05) is 6.61 Å². The fourth-order valence-corrected chi connectivity index (χ4v) is 2.38. The van der Waals surface area contributed by atoms with E-state index in [1.54, 1.807) is 24.3 Å². The first-order valence-corrected chi connectivity index (χ1v) is 7.74. The summed E-state index contributed by atoms with van der Waals surface area (Å²) < 4.78 is 5.13. The zero-order valence-corrected chi connectivity index (χ0v) is 13.2. The molecule has 1 aromatic carbocycles. The van der Waals surface area contributed by atoms with E-state index in [2.05, 4.69) is 11.4 Å². The number of hydrogen-bond acceptors (Lipinski definition) is 4. The number of ether oxygens (including phenoxy) is 1. The van der Waals surface area contributed by atoms with Gasteiger partial charge in [-0.3, -0.25) is 14.4 Å². The Morgan fingerprint density at radius 1 is 1.17 bits per heavy atom. The number of rotatable bonds is 6. The molecule has 1 aliphatic carbocycles. The summed E-state index contributed by atoms with van der Waals surface area (Å²) in [6.45, 7) is 1.65. The van der Waals surface area contributed by atoms with Crippen LogP contribution >= 0.6 is 0 Å². The maximum absolute atomic E-state index is 12.0. The third-order valence-corrected chi connectivity index (χ3v) is 3.77. The third kappa shape index (κ3) is 5.36. The van der Waals surface area contributed by atoms with Crippen molar-refractivity contribution < 1.29 is 19.1 Å². The number of Topliss-reactive ketones (excluding diaryl/α,β-unsaturated/α-hetero) is 1. The van der Waals surface area contributed by atoms with Crippen molar-refractivity contribution in [1.82, 2.24) is 5.32 Å². The number of hydrogen-bond donors (Lipinski definition) is 1. The number of ketones is 1. The summed E-state index contributed by atoms with van der Waals surface area (Å²) in [6.07, 6.45) is 6.37. The van der Waals surface area contributed by atoms with E-state index in [9.17, 15) is 14.4 Å². The van der Waals surface area contributed by atoms with Crippen LogP contribution in [-0.2, 0) is 20.9 Å². The van der Waals surface area contributed by atoms with Gasteiger partial charge in [-0.25, -0.2) is 0 Å². The number of carbonyl (C=O) groups excluding carboxylic acids is 3. The second kappa shape index (κ2) is 8.27. The lowest BCUT2D eigenvalue weighted by Gasteiger charge is -2.16. The predicted molar refractivity (Wildman–Crippen MR) is 85.7 cm³/mol. The Balaban J connectivity index is 1.82. The second-order valence-electron chi connectivity index (χ2n) is 5.62. The third-order valence-electron chi connectivity index (χ3n) is 3.77. The van der Waals surface area contributed by atoms with Crippen molar-refractivity contribution in [3.63, 3.8) is 0 Å². The van der Waals surface area contributed by atoms with Crippen LogP contribution in [0.2, 0.25) is 0 Å². The molecule has 0 aliphatic heterocycles. The van der Waals surface area contributed by atoms with Gasteiger partial charge in [-0.2, -0.15) is 0 Å². The standard InChI is InChI=1S/C18H21NO4/c1-13(20)19-11-14-7-9-15(10-8-14)17(21)12-23-18(22)16-5-3-2-4-6-16/h2-3,7-10,16H,4-6,11-12H2,1H3,(H,19,20)/t16-/m0/s1. The average Bonchev–Trinajstić information content (AvgIpc) is 2.58. The molecule has 1 N–H and O–H groups in total. The molecule has 0 aromatic heterocycles. The summed E-state index contributed by atoms with van der Waals surface area (Å²) in [6, 6.07) is 6.90. The van der Waals surface area contributed by atoms with Crippen molar-refractivity contribution in [2.45, 2.75) is 32.7 Å². The SMILES string of the molecule is CC(=O)NCc1ccc(C(=O)COC(=O)[C@H]2CC=CCC2)cc1. The van der Waals surface area contributed by atoms with Crippen LogP contribution in [0.5, 0.6) is 0 Å². The molecule has 122 valence electrons. The first kappa shape index (κ1) is 16.9. The summed E-state index contributed by atoms with van der Waals surface area (Å²) in [7, 11) is 0. The van der Waals surface area contributed by atoms with Gasteiger partial charge in [-0.05, 0) is 24.8 Å². The molecule has 0 fully saturated rings. The number of allylic oxidation sites excluding steroid dienone is 2. The lowest BCUT2D eigenvalue weighted by atomic mass is 9.95. The van der Waals surface area contributed by atoms with E-state index in [0.717, 1.165) is 18.4 Å². The van der Waals surface area contributed by atoms with E-state index in [1.807, 2.05) is 6.08 Å². The highest BCUT2D eigenvalue weighted by Crippen LogP contribution is 2.19. The van der Waals surface area contributed by atoms with E-state index < -0.39 is 0 Å². The van der Waals surface area contributed by atoms with Crippen LogP contribution in [-0.4, -0.2) is 24.3 Å². The summed E-state index contributed by atoms with van der Waals surface area (Å²) in [5.74, 6) is -0.761. The molecule has 0 saturated heterocycles. The van der Waals surface area contributed by atoms with E-state index in [4.69, 9.17) is 4.74 Å². The number of amides is 1. The first-order chi connectivity index (χ1) is 11.1. The highest BCUT2D eigenvalue weighted by molar-refractivity contribution is 5.98. The Labute approximate surface area is 135 Å². The van der Waals surface area contributed by atoms with Crippen LogP contribution in [0.4, 0.5) is 0 Å². The zero-order chi connectivity index (χ0) is 16.7. The van der Waals surface area contributed by atoms with Gasteiger partial charge in [0.15, 0.2) is 12.4 Å². The molecule has 1 atom stereocenters. The lowest BCUT2D eigenvalue weighted by Crippen LogP contribution is -2.22. The smallest absolute Gasteiger partial charge is 0.309 e. The summed E-state index contributed by atoms with van der Waals surface area (Å²) >= 11 is 0. The van der Waals surface area contributed by atoms with Gasteiger partial charge in [0.25, 0.3) is 0 Å². The summed E-state index contributed by atoms with van der Waals surface area (Å²) in [4.78, 5) is 34.8. The molecule has 1 amide bonds. The van der Waals surface area contributed by atoms with Gasteiger partial charge in [0.1, 0.15) is 0 Å². The molecular weight excluding hydrogens is 294 g/mol. The average molecular weight is 315 g/mol. The monoisotopic (exact) mass is 315 g/mol. The van der Waals surface area contributed by atoms with Gasteiger partial charge in [0.05, 0.1) is 5.92 Å². The molecule has 0 saturated carbocycles. The van der Waals surface area contributed by atoms with Crippen molar-refractivity contribution in [1.29, 1.82) is 0 Å². The maximum atomic E-state index is 12.0. The molecule has 0 unspecified atom stereocenters. The molecule has 0 heterocycles. The predicted octanol–water partition coefficient (Wildman–Crippen LogP) is 2.40. The number of nitrogens with one attached hydrogen (secondary N) is 1. The molecule has 1 aliphatic rings. The Morgan fingerprint density at radius 3 is 2.52 bits per heavy atom. The van der Waals surface area contributed by atoms with Crippen molar-refractivity contribution in [3.8, 4) is 0 Å². The Kier molecular flexibility index (Phi) is 6.09. The van der Waals surface area contributed by atoms with Gasteiger partial charge >= 0.3 is 5.97 Å². The van der Waals surface area contributed by atoms with Crippen LogP contribution in [0.25, 0.3) is 0 Å². The highest BCUT2D eigenvalue weighted by Gasteiger charge is 2.21. The summed E-state index contributed by atoms with van der Waals surface area (Å²) in [5, 5.41) is 2.69. The fourth-order valence-electron chi connectivity index (χ4n) is 2.38. The van der Waals surface area contributed by atoms with E-state index in [0.29, 0.717) is 18.5 Å². The molecule has 5 nitrogen and oxygen atoms in total. The molecular formula is C18H21NO4. The largest absolute Gasteiger partial charge is 0.457 e. The van der Waals surface area contributed by atoms with Crippen LogP contribution < -0.4 is 5.32 Å². The number of esters is 1. The Morgan fingerprint density at radius 2 is 1.91 bits per heavy atom. The van der Waals surface area contributed by atoms with Gasteiger partial charge < -0.3 is 10.1 Å². The van der Waals surface area contributed by atoms with Crippen LogP contribution in [0.3, 0.4) is 0 Å². The minimum Gasteiger partial charge on any atom is -0.457 e. The van der Waals surface area contributed by atoms with Gasteiger partial charge in [-0.15, -0.1) is 0 Å². The molecule has 5 heteroatoms. The first-order valence-electron chi connectivity index (χ1n) is 7.74. The number of benzene rings is 1. The van der Waals surface area contributed by atoms with Crippen LogP contribution in [0.15, 0.2) is 36.4 Å². The molecule has 0 bridgehead atoms. The highest BCUT2D eigenvalue weighted by atomic mass is 16.5. The molecule has 2 rings (SSSR count). The summed E-state index contributed by atoms with van der Waals surface area (Å²) in [5.41, 5.74) is 1.40. The van der Waals surface area contributed by atoms with E-state index >= 15 is 0 Å². The van der Waals surface area contributed by atoms with E-state index in [1.165, 1.54) is 6.92 Å². The quantitative estimate of drug-likeness (QED) is 0.497. The van der Waals surface area contributed by atoms with Crippen LogP contribution in [0.1, 0.15) is 42.1 Å². The Bertz CT molecular complexity index is 604. The topological polar surface area (TPSA) is 72.5 Å². The van der Waals surface area contributed by atoms with Crippen molar-refractivity contribution in [3.05, 3.63) is 47.5 Å². The van der Waals surface area contributed by atoms with Crippen molar-refractivity contribution in [2.24, 2.45) is 5.92 Å².